The molecule has 1 saturated heterocycles. The maximum atomic E-state index is 13.3. The monoisotopic (exact) mass is 450 g/mol. The van der Waals surface area contributed by atoms with Crippen LogP contribution in [0.15, 0.2) is 103 Å². The molecule has 0 radical (unpaired) electrons. The minimum Gasteiger partial charge on any atom is -0.457 e. The van der Waals surface area contributed by atoms with Crippen LogP contribution in [-0.2, 0) is 9.59 Å². The number of benzene rings is 4. The van der Waals surface area contributed by atoms with E-state index in [4.69, 9.17) is 17.0 Å². The Balaban J connectivity index is 1.43. The van der Waals surface area contributed by atoms with E-state index in [1.165, 1.54) is 4.90 Å². The Labute approximate surface area is 195 Å². The molecule has 1 fully saturated rings. The molecule has 1 heterocycles. The van der Waals surface area contributed by atoms with Crippen molar-refractivity contribution in [1.82, 2.24) is 5.32 Å². The summed E-state index contributed by atoms with van der Waals surface area (Å²) in [5, 5.41) is 4.77. The second-order valence-electron chi connectivity index (χ2n) is 7.47. The topological polar surface area (TPSA) is 58.6 Å². The highest BCUT2D eigenvalue weighted by Crippen LogP contribution is 2.27. The van der Waals surface area contributed by atoms with Crippen LogP contribution in [0.25, 0.3) is 16.8 Å². The molecule has 0 bridgehead atoms. The number of rotatable bonds is 4. The lowest BCUT2D eigenvalue weighted by molar-refractivity contribution is -0.122. The first-order valence-corrected chi connectivity index (χ1v) is 10.7. The maximum Gasteiger partial charge on any atom is 0.270 e. The van der Waals surface area contributed by atoms with Gasteiger partial charge in [0.2, 0.25) is 0 Å². The van der Waals surface area contributed by atoms with E-state index in [1.54, 1.807) is 30.3 Å². The number of fused-ring (bicyclic) bond motifs is 1. The molecule has 0 unspecified atom stereocenters. The zero-order chi connectivity index (χ0) is 22.8. The van der Waals surface area contributed by atoms with Crippen molar-refractivity contribution < 1.29 is 14.3 Å². The Morgan fingerprint density at radius 2 is 1.42 bits per heavy atom. The highest BCUT2D eigenvalue weighted by atomic mass is 32.1. The normalized spacial score (nSPS) is 15.1. The van der Waals surface area contributed by atoms with E-state index < -0.39 is 11.8 Å². The standard InChI is InChI=1S/C27H18N2O3S/c30-25-24(17-18-10-11-19-6-4-5-7-20(19)16-18)26(31)29(27(33)28-25)21-12-14-23(15-13-21)32-22-8-2-1-3-9-22/h1-17H,(H,28,30,33). The molecule has 1 aliphatic rings. The Kier molecular flexibility index (Phi) is 5.42. The molecule has 4 aromatic carbocycles. The van der Waals surface area contributed by atoms with Crippen LogP contribution in [0, 0.1) is 0 Å². The Bertz CT molecular complexity index is 1410. The van der Waals surface area contributed by atoms with Gasteiger partial charge in [-0.05, 0) is 77.1 Å². The van der Waals surface area contributed by atoms with E-state index in [0.717, 1.165) is 16.3 Å². The molecule has 1 aliphatic heterocycles. The molecule has 0 saturated carbocycles. The average molecular weight is 451 g/mol. The van der Waals surface area contributed by atoms with Gasteiger partial charge in [0.1, 0.15) is 17.1 Å². The highest BCUT2D eigenvalue weighted by molar-refractivity contribution is 7.80. The lowest BCUT2D eigenvalue weighted by Crippen LogP contribution is -2.54. The lowest BCUT2D eigenvalue weighted by atomic mass is 10.0. The molecule has 0 aliphatic carbocycles. The molecule has 0 aromatic heterocycles. The summed E-state index contributed by atoms with van der Waals surface area (Å²) in [6, 6.07) is 30.1. The molecule has 2 amide bonds. The minimum atomic E-state index is -0.515. The van der Waals surface area contributed by atoms with E-state index in [0.29, 0.717) is 17.2 Å². The van der Waals surface area contributed by atoms with Crippen LogP contribution in [0.5, 0.6) is 11.5 Å². The molecular formula is C27H18N2O3S. The highest BCUT2D eigenvalue weighted by Gasteiger charge is 2.34. The quantitative estimate of drug-likeness (QED) is 0.255. The molecule has 5 rings (SSSR count). The molecule has 0 spiro atoms. The van der Waals surface area contributed by atoms with Crippen molar-refractivity contribution in [2.45, 2.75) is 0 Å². The number of nitrogens with one attached hydrogen (secondary N) is 1. The summed E-state index contributed by atoms with van der Waals surface area (Å²) in [5.41, 5.74) is 1.31. The first-order chi connectivity index (χ1) is 16.1. The third-order valence-electron chi connectivity index (χ3n) is 5.26. The Morgan fingerprint density at radius 1 is 0.758 bits per heavy atom. The molecule has 33 heavy (non-hydrogen) atoms. The van der Waals surface area contributed by atoms with Crippen LogP contribution >= 0.6 is 12.2 Å². The van der Waals surface area contributed by atoms with E-state index in [2.05, 4.69) is 5.32 Å². The average Bonchev–Trinajstić information content (AvgIpc) is 2.83. The van der Waals surface area contributed by atoms with Gasteiger partial charge >= 0.3 is 0 Å². The number of carbonyl (C=O) groups excluding carboxylic acids is 2. The van der Waals surface area contributed by atoms with Gasteiger partial charge < -0.3 is 4.74 Å². The predicted molar refractivity (Wildman–Crippen MR) is 133 cm³/mol. The van der Waals surface area contributed by atoms with Gasteiger partial charge in [-0.25, -0.2) is 0 Å². The van der Waals surface area contributed by atoms with E-state index in [1.807, 2.05) is 72.8 Å². The van der Waals surface area contributed by atoms with Gasteiger partial charge in [0.25, 0.3) is 11.8 Å². The van der Waals surface area contributed by atoms with Crippen LogP contribution in [0.1, 0.15) is 5.56 Å². The van der Waals surface area contributed by atoms with Crippen LogP contribution in [0.2, 0.25) is 0 Å². The van der Waals surface area contributed by atoms with Gasteiger partial charge in [0.15, 0.2) is 5.11 Å². The first-order valence-electron chi connectivity index (χ1n) is 10.3. The van der Waals surface area contributed by atoms with Crippen molar-refractivity contribution in [3.63, 3.8) is 0 Å². The van der Waals surface area contributed by atoms with Crippen molar-refractivity contribution in [2.75, 3.05) is 4.90 Å². The van der Waals surface area contributed by atoms with E-state index >= 15 is 0 Å². The second kappa shape index (κ2) is 8.68. The maximum absolute atomic E-state index is 13.3. The smallest absolute Gasteiger partial charge is 0.270 e. The van der Waals surface area contributed by atoms with Gasteiger partial charge in [0, 0.05) is 0 Å². The van der Waals surface area contributed by atoms with Crippen molar-refractivity contribution in [2.24, 2.45) is 0 Å². The van der Waals surface area contributed by atoms with Crippen molar-refractivity contribution in [3.8, 4) is 11.5 Å². The van der Waals surface area contributed by atoms with Gasteiger partial charge in [-0.15, -0.1) is 0 Å². The number of hydrogen-bond donors (Lipinski definition) is 1. The van der Waals surface area contributed by atoms with Gasteiger partial charge in [-0.1, -0.05) is 54.6 Å². The largest absolute Gasteiger partial charge is 0.457 e. The summed E-state index contributed by atoms with van der Waals surface area (Å²) in [4.78, 5) is 27.2. The van der Waals surface area contributed by atoms with Crippen molar-refractivity contribution >= 4 is 51.7 Å². The molecule has 4 aromatic rings. The lowest BCUT2D eigenvalue weighted by Gasteiger charge is -2.29. The zero-order valence-electron chi connectivity index (χ0n) is 17.4. The number of para-hydroxylation sites is 1. The Morgan fingerprint density at radius 3 is 2.18 bits per heavy atom. The second-order valence-corrected chi connectivity index (χ2v) is 7.86. The number of ether oxygens (including phenoxy) is 1. The first kappa shape index (κ1) is 20.6. The third kappa shape index (κ3) is 4.24. The molecule has 6 heteroatoms. The van der Waals surface area contributed by atoms with Crippen LogP contribution in [0.3, 0.4) is 0 Å². The van der Waals surface area contributed by atoms with Crippen molar-refractivity contribution in [1.29, 1.82) is 0 Å². The summed E-state index contributed by atoms with van der Waals surface area (Å²) in [7, 11) is 0. The number of hydrogen-bond acceptors (Lipinski definition) is 4. The number of anilines is 1. The molecule has 0 atom stereocenters. The zero-order valence-corrected chi connectivity index (χ0v) is 18.2. The number of nitrogens with zero attached hydrogens (tertiary/aromatic N) is 1. The number of amides is 2. The fourth-order valence-electron chi connectivity index (χ4n) is 3.64. The molecule has 160 valence electrons. The molecule has 5 nitrogen and oxygen atoms in total. The van der Waals surface area contributed by atoms with Crippen LogP contribution in [0.4, 0.5) is 5.69 Å². The fraction of sp³-hybridized carbons (Fsp3) is 0. The van der Waals surface area contributed by atoms with Gasteiger partial charge in [0.05, 0.1) is 5.69 Å². The minimum absolute atomic E-state index is 0.0171. The summed E-state index contributed by atoms with van der Waals surface area (Å²) in [6.07, 6.45) is 1.59. The SMILES string of the molecule is O=C1NC(=S)N(c2ccc(Oc3ccccc3)cc2)C(=O)C1=Cc1ccc2ccccc2c1. The number of carbonyl (C=O) groups is 2. The van der Waals surface area contributed by atoms with Crippen molar-refractivity contribution in [3.05, 3.63) is 108 Å². The summed E-state index contributed by atoms with van der Waals surface area (Å²) < 4.78 is 5.81. The molecular weight excluding hydrogens is 432 g/mol. The fourth-order valence-corrected chi connectivity index (χ4v) is 3.93. The Hall–Kier alpha value is -4.29. The van der Waals surface area contributed by atoms with E-state index in [9.17, 15) is 9.59 Å². The van der Waals surface area contributed by atoms with E-state index in [-0.39, 0.29) is 10.7 Å². The van der Waals surface area contributed by atoms with Crippen LogP contribution < -0.4 is 15.0 Å². The summed E-state index contributed by atoms with van der Waals surface area (Å²) in [6.45, 7) is 0. The number of thiocarbonyl (C=S) groups is 1. The van der Waals surface area contributed by atoms with Crippen LogP contribution in [-0.4, -0.2) is 16.9 Å². The molecule has 1 N–H and O–H groups in total. The summed E-state index contributed by atoms with van der Waals surface area (Å²) in [5.74, 6) is 0.339. The van der Waals surface area contributed by atoms with Gasteiger partial charge in [-0.2, -0.15) is 0 Å². The third-order valence-corrected chi connectivity index (χ3v) is 5.54. The van der Waals surface area contributed by atoms with Gasteiger partial charge in [-0.3, -0.25) is 19.8 Å². The summed E-state index contributed by atoms with van der Waals surface area (Å²) >= 11 is 5.30. The predicted octanol–water partition coefficient (Wildman–Crippen LogP) is 5.46.